The highest BCUT2D eigenvalue weighted by molar-refractivity contribution is 9.11. The van der Waals surface area contributed by atoms with Crippen LogP contribution in [-0.4, -0.2) is 42.1 Å². The van der Waals surface area contributed by atoms with Gasteiger partial charge in [-0.1, -0.05) is 0 Å². The van der Waals surface area contributed by atoms with Gasteiger partial charge in [0.1, 0.15) is 18.5 Å². The minimum atomic E-state index is -1.02. The zero-order valence-corrected chi connectivity index (χ0v) is 13.4. The Hall–Kier alpha value is -0.630. The van der Waals surface area contributed by atoms with Crippen molar-refractivity contribution in [2.45, 2.75) is 13.0 Å². The molecule has 1 aromatic rings. The number of aromatic carboxylic acids is 1. The second-order valence-corrected chi connectivity index (χ2v) is 5.41. The topological polar surface area (TPSA) is 76.0 Å². The Labute approximate surface area is 127 Å². The summed E-state index contributed by atoms with van der Waals surface area (Å²) in [5, 5.41) is 18.5. The Bertz CT molecular complexity index is 427. The van der Waals surface area contributed by atoms with Crippen molar-refractivity contribution in [3.8, 4) is 5.75 Å². The summed E-state index contributed by atoms with van der Waals surface area (Å²) in [6, 6.07) is 2.88. The molecule has 106 valence electrons. The highest BCUT2D eigenvalue weighted by Crippen LogP contribution is 2.34. The van der Waals surface area contributed by atoms with E-state index in [0.29, 0.717) is 21.3 Å². The first-order chi connectivity index (χ1) is 8.95. The number of carboxylic acid groups (broad SMARTS) is 1. The van der Waals surface area contributed by atoms with Gasteiger partial charge in [-0.25, -0.2) is 4.79 Å². The van der Waals surface area contributed by atoms with Gasteiger partial charge >= 0.3 is 5.97 Å². The lowest BCUT2D eigenvalue weighted by molar-refractivity contribution is 0.0161. The second-order valence-electron chi connectivity index (χ2n) is 3.70. The first kappa shape index (κ1) is 16.4. The number of hydrogen-bond acceptors (Lipinski definition) is 4. The quantitative estimate of drug-likeness (QED) is 0.739. The Morgan fingerprint density at radius 2 is 1.89 bits per heavy atom. The van der Waals surface area contributed by atoms with E-state index >= 15 is 0 Å². The van der Waals surface area contributed by atoms with E-state index in [-0.39, 0.29) is 18.8 Å². The molecule has 0 bridgehead atoms. The Morgan fingerprint density at radius 1 is 1.32 bits per heavy atom. The van der Waals surface area contributed by atoms with Crippen LogP contribution in [0.3, 0.4) is 0 Å². The smallest absolute Gasteiger partial charge is 0.335 e. The van der Waals surface area contributed by atoms with Crippen molar-refractivity contribution in [3.05, 3.63) is 26.6 Å². The van der Waals surface area contributed by atoms with E-state index in [9.17, 15) is 9.90 Å². The fourth-order valence-corrected chi connectivity index (χ4v) is 2.72. The molecule has 0 radical (unpaired) electrons. The fraction of sp³-hybridized carbons (Fsp3) is 0.417. The molecule has 0 heterocycles. The molecule has 0 spiro atoms. The zero-order chi connectivity index (χ0) is 14.4. The van der Waals surface area contributed by atoms with Crippen LogP contribution in [0.5, 0.6) is 5.75 Å². The maximum atomic E-state index is 10.9. The van der Waals surface area contributed by atoms with Gasteiger partial charge in [0, 0.05) is 6.61 Å². The molecule has 19 heavy (non-hydrogen) atoms. The van der Waals surface area contributed by atoms with Crippen LogP contribution in [0.15, 0.2) is 21.1 Å². The van der Waals surface area contributed by atoms with Crippen LogP contribution >= 0.6 is 31.9 Å². The summed E-state index contributed by atoms with van der Waals surface area (Å²) in [4.78, 5) is 10.9. The molecule has 1 unspecified atom stereocenters. The average molecular weight is 398 g/mol. The number of carboxylic acids is 1. The largest absolute Gasteiger partial charge is 0.488 e. The summed E-state index contributed by atoms with van der Waals surface area (Å²) in [7, 11) is 0. The molecule has 0 aliphatic rings. The van der Waals surface area contributed by atoms with E-state index in [0.717, 1.165) is 0 Å². The number of aliphatic hydroxyl groups is 1. The second kappa shape index (κ2) is 7.84. The summed E-state index contributed by atoms with van der Waals surface area (Å²) in [6.07, 6.45) is -0.738. The lowest BCUT2D eigenvalue weighted by Gasteiger charge is -2.14. The molecule has 2 N–H and O–H groups in total. The van der Waals surface area contributed by atoms with Crippen LogP contribution in [0.25, 0.3) is 0 Å². The third-order valence-corrected chi connectivity index (χ3v) is 3.36. The number of aliphatic hydroxyl groups excluding tert-OH is 1. The number of halogens is 2. The van der Waals surface area contributed by atoms with Gasteiger partial charge in [0.2, 0.25) is 0 Å². The summed E-state index contributed by atoms with van der Waals surface area (Å²) in [5.41, 5.74) is 0.140. The molecule has 1 aromatic carbocycles. The van der Waals surface area contributed by atoms with Gasteiger partial charge in [-0.3, -0.25) is 0 Å². The first-order valence-electron chi connectivity index (χ1n) is 5.56. The van der Waals surface area contributed by atoms with Crippen molar-refractivity contribution in [2.75, 3.05) is 19.8 Å². The van der Waals surface area contributed by atoms with Crippen molar-refractivity contribution in [2.24, 2.45) is 0 Å². The van der Waals surface area contributed by atoms with Crippen LogP contribution in [0.2, 0.25) is 0 Å². The summed E-state index contributed by atoms with van der Waals surface area (Å²) < 4.78 is 11.5. The zero-order valence-electron chi connectivity index (χ0n) is 10.2. The van der Waals surface area contributed by atoms with E-state index < -0.39 is 12.1 Å². The van der Waals surface area contributed by atoms with Gasteiger partial charge in [-0.2, -0.15) is 0 Å². The molecule has 7 heteroatoms. The van der Waals surface area contributed by atoms with Gasteiger partial charge in [-0.05, 0) is 50.9 Å². The van der Waals surface area contributed by atoms with Crippen molar-refractivity contribution >= 4 is 37.8 Å². The predicted molar refractivity (Wildman–Crippen MR) is 76.8 cm³/mol. The van der Waals surface area contributed by atoms with Gasteiger partial charge in [0.15, 0.2) is 0 Å². The number of rotatable bonds is 7. The summed E-state index contributed by atoms with van der Waals surface area (Å²) in [6.45, 7) is 2.62. The highest BCUT2D eigenvalue weighted by Gasteiger charge is 2.14. The minimum absolute atomic E-state index is 0.0591. The minimum Gasteiger partial charge on any atom is -0.488 e. The SMILES string of the molecule is CCOCC(O)COc1c(Br)cc(C(=O)O)cc1Br. The number of benzene rings is 1. The van der Waals surface area contributed by atoms with E-state index in [1.54, 1.807) is 0 Å². The molecule has 0 saturated carbocycles. The van der Waals surface area contributed by atoms with Crippen LogP contribution in [-0.2, 0) is 4.74 Å². The molecule has 0 saturated heterocycles. The molecule has 0 amide bonds. The molecule has 0 aliphatic heterocycles. The van der Waals surface area contributed by atoms with Crippen LogP contribution < -0.4 is 4.74 Å². The number of carbonyl (C=O) groups is 1. The van der Waals surface area contributed by atoms with E-state index in [2.05, 4.69) is 31.9 Å². The van der Waals surface area contributed by atoms with Crippen molar-refractivity contribution < 1.29 is 24.5 Å². The summed E-state index contributed by atoms with van der Waals surface area (Å²) >= 11 is 6.48. The third kappa shape index (κ3) is 5.10. The van der Waals surface area contributed by atoms with Gasteiger partial charge in [0.05, 0.1) is 21.1 Å². The molecule has 0 fully saturated rings. The Balaban J connectivity index is 2.71. The Kier molecular flexibility index (Phi) is 6.78. The van der Waals surface area contributed by atoms with Crippen molar-refractivity contribution in [1.29, 1.82) is 0 Å². The lowest BCUT2D eigenvalue weighted by Crippen LogP contribution is -2.23. The van der Waals surface area contributed by atoms with Crippen LogP contribution in [0, 0.1) is 0 Å². The van der Waals surface area contributed by atoms with Crippen molar-refractivity contribution in [1.82, 2.24) is 0 Å². The number of ether oxygens (including phenoxy) is 2. The molecular formula is C12H14Br2O5. The van der Waals surface area contributed by atoms with E-state index in [1.165, 1.54) is 12.1 Å². The van der Waals surface area contributed by atoms with Gasteiger partial charge < -0.3 is 19.7 Å². The molecule has 0 aliphatic carbocycles. The lowest BCUT2D eigenvalue weighted by atomic mass is 10.2. The average Bonchev–Trinajstić information content (AvgIpc) is 2.34. The molecule has 1 rings (SSSR count). The first-order valence-corrected chi connectivity index (χ1v) is 7.15. The van der Waals surface area contributed by atoms with Crippen LogP contribution in [0.1, 0.15) is 17.3 Å². The molecule has 1 atom stereocenters. The van der Waals surface area contributed by atoms with Crippen molar-refractivity contribution in [3.63, 3.8) is 0 Å². The maximum absolute atomic E-state index is 10.9. The normalized spacial score (nSPS) is 12.2. The monoisotopic (exact) mass is 396 g/mol. The maximum Gasteiger partial charge on any atom is 0.335 e. The highest BCUT2D eigenvalue weighted by atomic mass is 79.9. The standard InChI is InChI=1S/C12H14Br2O5/c1-2-18-5-8(15)6-19-11-9(13)3-7(12(16)17)4-10(11)14/h3-4,8,15H,2,5-6H2,1H3,(H,16,17). The van der Waals surface area contributed by atoms with Crippen LogP contribution in [0.4, 0.5) is 0 Å². The number of hydrogen-bond donors (Lipinski definition) is 2. The Morgan fingerprint density at radius 3 is 2.37 bits per heavy atom. The molecule has 5 nitrogen and oxygen atoms in total. The fourth-order valence-electron chi connectivity index (χ4n) is 1.30. The summed E-state index contributed by atoms with van der Waals surface area (Å²) in [5.74, 6) is -0.579. The van der Waals surface area contributed by atoms with Gasteiger partial charge in [-0.15, -0.1) is 0 Å². The van der Waals surface area contributed by atoms with E-state index in [1.807, 2.05) is 6.92 Å². The van der Waals surface area contributed by atoms with Gasteiger partial charge in [0.25, 0.3) is 0 Å². The molecule has 0 aromatic heterocycles. The van der Waals surface area contributed by atoms with E-state index in [4.69, 9.17) is 14.6 Å². The molecular weight excluding hydrogens is 384 g/mol. The third-order valence-electron chi connectivity index (χ3n) is 2.18. The predicted octanol–water partition coefficient (Wildman–Crippen LogP) is 2.69.